The number of aliphatic hydroxyl groups excluding tert-OH is 1. The first-order valence-electron chi connectivity index (χ1n) is 2.97. The van der Waals surface area contributed by atoms with Crippen LogP contribution in [0.3, 0.4) is 0 Å². The Bertz CT molecular complexity index is 87.0. The van der Waals surface area contributed by atoms with Gasteiger partial charge in [-0.15, -0.1) is 0 Å². The van der Waals surface area contributed by atoms with Crippen molar-refractivity contribution in [3.8, 4) is 0 Å². The molecule has 0 saturated heterocycles. The summed E-state index contributed by atoms with van der Waals surface area (Å²) in [7, 11) is -0.850. The second-order valence-electron chi connectivity index (χ2n) is 1.71. The molecule has 0 saturated carbocycles. The molecule has 4 heteroatoms. The van der Waals surface area contributed by atoms with Crippen LogP contribution in [0, 0.1) is 0 Å². The van der Waals surface area contributed by atoms with Crippen molar-refractivity contribution in [3.05, 3.63) is 0 Å². The lowest BCUT2D eigenvalue weighted by atomic mass is 10.5. The Morgan fingerprint density at radius 2 is 2.11 bits per heavy atom. The van der Waals surface area contributed by atoms with Crippen molar-refractivity contribution in [2.45, 2.75) is 6.42 Å². The Balaban J connectivity index is 3.06. The molecule has 1 unspecified atom stereocenters. The zero-order valence-corrected chi connectivity index (χ0v) is 6.19. The number of hydrogen-bond acceptors (Lipinski definition) is 3. The number of aliphatic hydroxyl groups is 1. The minimum atomic E-state index is -0.850. The average molecular weight is 151 g/mol. The molecule has 3 nitrogen and oxygen atoms in total. The lowest BCUT2D eigenvalue weighted by Crippen LogP contribution is -2.10. The molecule has 0 fully saturated rings. The highest BCUT2D eigenvalue weighted by Gasteiger charge is 1.95. The molecule has 0 heterocycles. The summed E-state index contributed by atoms with van der Waals surface area (Å²) in [5.41, 5.74) is 5.18. The van der Waals surface area contributed by atoms with E-state index in [4.69, 9.17) is 10.8 Å². The zero-order valence-electron chi connectivity index (χ0n) is 5.38. The summed E-state index contributed by atoms with van der Waals surface area (Å²) in [6.45, 7) is 0.592. The predicted molar refractivity (Wildman–Crippen MR) is 38.6 cm³/mol. The maximum atomic E-state index is 10.7. The van der Waals surface area contributed by atoms with E-state index in [0.29, 0.717) is 18.1 Å². The fraction of sp³-hybridized carbons (Fsp3) is 1.00. The standard InChI is InChI=1S/C5H13NO2S/c6-2-1-4-9(8)5-3-7/h7H,1-6H2. The number of rotatable bonds is 5. The summed E-state index contributed by atoms with van der Waals surface area (Å²) in [4.78, 5) is 0. The molecule has 0 aromatic heterocycles. The van der Waals surface area contributed by atoms with E-state index < -0.39 is 10.8 Å². The Morgan fingerprint density at radius 1 is 1.44 bits per heavy atom. The minimum absolute atomic E-state index is 0.0111. The van der Waals surface area contributed by atoms with Crippen molar-refractivity contribution in [1.82, 2.24) is 0 Å². The monoisotopic (exact) mass is 151 g/mol. The van der Waals surface area contributed by atoms with Crippen molar-refractivity contribution in [2.75, 3.05) is 24.7 Å². The highest BCUT2D eigenvalue weighted by molar-refractivity contribution is 7.84. The highest BCUT2D eigenvalue weighted by Crippen LogP contribution is 1.84. The van der Waals surface area contributed by atoms with Crippen LogP contribution in [0.25, 0.3) is 0 Å². The van der Waals surface area contributed by atoms with Gasteiger partial charge in [-0.05, 0) is 13.0 Å². The summed E-state index contributed by atoms with van der Waals surface area (Å²) in [5, 5.41) is 8.31. The van der Waals surface area contributed by atoms with Crippen molar-refractivity contribution < 1.29 is 9.32 Å². The van der Waals surface area contributed by atoms with E-state index in [1.54, 1.807) is 0 Å². The van der Waals surface area contributed by atoms with Gasteiger partial charge >= 0.3 is 0 Å². The molecular formula is C5H13NO2S. The third-order valence-corrected chi connectivity index (χ3v) is 2.28. The molecule has 3 N–H and O–H groups in total. The molecule has 0 aliphatic carbocycles. The summed E-state index contributed by atoms with van der Waals surface area (Å²) in [5.74, 6) is 1.01. The third-order valence-electron chi connectivity index (χ3n) is 0.895. The van der Waals surface area contributed by atoms with E-state index in [1.165, 1.54) is 0 Å². The summed E-state index contributed by atoms with van der Waals surface area (Å²) < 4.78 is 10.7. The van der Waals surface area contributed by atoms with Crippen LogP contribution >= 0.6 is 0 Å². The van der Waals surface area contributed by atoms with Crippen LogP contribution < -0.4 is 5.73 Å². The van der Waals surface area contributed by atoms with Gasteiger partial charge in [0.1, 0.15) is 0 Å². The fourth-order valence-electron chi connectivity index (χ4n) is 0.448. The molecule has 1 atom stereocenters. The van der Waals surface area contributed by atoms with Gasteiger partial charge < -0.3 is 10.8 Å². The number of hydrogen-bond donors (Lipinski definition) is 2. The molecule has 9 heavy (non-hydrogen) atoms. The quantitative estimate of drug-likeness (QED) is 0.534. The van der Waals surface area contributed by atoms with Gasteiger partial charge in [-0.1, -0.05) is 0 Å². The normalized spacial score (nSPS) is 13.6. The predicted octanol–water partition coefficient (Wildman–Crippen LogP) is -0.924. The van der Waals surface area contributed by atoms with Crippen LogP contribution in [0.1, 0.15) is 6.42 Å². The van der Waals surface area contributed by atoms with E-state index in [2.05, 4.69) is 0 Å². The maximum absolute atomic E-state index is 10.7. The van der Waals surface area contributed by atoms with Gasteiger partial charge in [0.05, 0.1) is 6.61 Å². The molecule has 0 aliphatic rings. The lowest BCUT2D eigenvalue weighted by Gasteiger charge is -1.95. The van der Waals surface area contributed by atoms with Gasteiger partial charge in [-0.25, -0.2) is 0 Å². The Kier molecular flexibility index (Phi) is 6.24. The van der Waals surface area contributed by atoms with Crippen LogP contribution in [0.4, 0.5) is 0 Å². The largest absolute Gasteiger partial charge is 0.395 e. The van der Waals surface area contributed by atoms with Crippen molar-refractivity contribution >= 4 is 10.8 Å². The van der Waals surface area contributed by atoms with E-state index in [0.717, 1.165) is 6.42 Å². The van der Waals surface area contributed by atoms with Crippen molar-refractivity contribution in [2.24, 2.45) is 5.73 Å². The van der Waals surface area contributed by atoms with E-state index in [-0.39, 0.29) is 6.61 Å². The van der Waals surface area contributed by atoms with Gasteiger partial charge in [0.25, 0.3) is 0 Å². The second-order valence-corrected chi connectivity index (χ2v) is 3.41. The molecular weight excluding hydrogens is 138 g/mol. The topological polar surface area (TPSA) is 63.3 Å². The molecule has 0 spiro atoms. The average Bonchev–Trinajstić information content (AvgIpc) is 1.85. The third kappa shape index (κ3) is 5.95. The zero-order chi connectivity index (χ0) is 7.11. The van der Waals surface area contributed by atoms with E-state index in [9.17, 15) is 4.21 Å². The number of nitrogens with two attached hydrogens (primary N) is 1. The first-order chi connectivity index (χ1) is 4.31. The molecule has 0 rings (SSSR count). The van der Waals surface area contributed by atoms with Crippen LogP contribution in [0.2, 0.25) is 0 Å². The van der Waals surface area contributed by atoms with Gasteiger partial charge in [0, 0.05) is 22.3 Å². The van der Waals surface area contributed by atoms with Crippen LogP contribution in [0.5, 0.6) is 0 Å². The van der Waals surface area contributed by atoms with Gasteiger partial charge in [0.2, 0.25) is 0 Å². The fourth-order valence-corrected chi connectivity index (χ4v) is 1.34. The molecule has 0 amide bonds. The van der Waals surface area contributed by atoms with E-state index in [1.807, 2.05) is 0 Å². The first-order valence-corrected chi connectivity index (χ1v) is 4.46. The molecule has 56 valence electrons. The van der Waals surface area contributed by atoms with E-state index >= 15 is 0 Å². The van der Waals surface area contributed by atoms with Crippen molar-refractivity contribution in [3.63, 3.8) is 0 Å². The Hall–Kier alpha value is 0.0700. The maximum Gasteiger partial charge on any atom is 0.0546 e. The molecule has 0 aromatic rings. The van der Waals surface area contributed by atoms with Gasteiger partial charge in [0.15, 0.2) is 0 Å². The Morgan fingerprint density at radius 3 is 2.56 bits per heavy atom. The molecule has 0 aromatic carbocycles. The van der Waals surface area contributed by atoms with Crippen LogP contribution in [-0.4, -0.2) is 34.0 Å². The van der Waals surface area contributed by atoms with Crippen molar-refractivity contribution in [1.29, 1.82) is 0 Å². The summed E-state index contributed by atoms with van der Waals surface area (Å²) in [6, 6.07) is 0. The van der Waals surface area contributed by atoms with Gasteiger partial charge in [-0.2, -0.15) is 0 Å². The smallest absolute Gasteiger partial charge is 0.0546 e. The lowest BCUT2D eigenvalue weighted by molar-refractivity contribution is 0.321. The summed E-state index contributed by atoms with van der Waals surface area (Å²) >= 11 is 0. The van der Waals surface area contributed by atoms with Gasteiger partial charge in [-0.3, -0.25) is 4.21 Å². The molecule has 0 radical (unpaired) electrons. The van der Waals surface area contributed by atoms with Crippen LogP contribution in [0.15, 0.2) is 0 Å². The summed E-state index contributed by atoms with van der Waals surface area (Å²) in [6.07, 6.45) is 0.784. The minimum Gasteiger partial charge on any atom is -0.395 e. The highest BCUT2D eigenvalue weighted by atomic mass is 32.2. The molecule has 0 bridgehead atoms. The molecule has 0 aliphatic heterocycles. The SMILES string of the molecule is NCCCS(=O)CCO. The van der Waals surface area contributed by atoms with Crippen LogP contribution in [-0.2, 0) is 10.8 Å². The first kappa shape index (κ1) is 9.07. The second kappa shape index (κ2) is 6.19. The Labute approximate surface area is 57.7 Å².